The van der Waals surface area contributed by atoms with Crippen molar-refractivity contribution in [3.05, 3.63) is 15.6 Å². The second-order valence-electron chi connectivity index (χ2n) is 4.51. The van der Waals surface area contributed by atoms with E-state index in [0.29, 0.717) is 6.61 Å². The molecule has 1 aromatic heterocycles. The highest BCUT2D eigenvalue weighted by atomic mass is 32.1. The van der Waals surface area contributed by atoms with Crippen LogP contribution in [0.15, 0.2) is 0 Å². The van der Waals surface area contributed by atoms with Crippen LogP contribution in [0, 0.1) is 0 Å². The molecule has 0 saturated carbocycles. The van der Waals surface area contributed by atoms with E-state index in [1.807, 2.05) is 7.05 Å². The Bertz CT molecular complexity index is 360. The highest BCUT2D eigenvalue weighted by Gasteiger charge is 2.24. The minimum atomic E-state index is 0.106. The monoisotopic (exact) mass is 271 g/mol. The zero-order valence-corrected chi connectivity index (χ0v) is 12.0. The van der Waals surface area contributed by atoms with Crippen molar-refractivity contribution in [3.63, 3.8) is 0 Å². The molecule has 2 rings (SSSR count). The molecule has 0 amide bonds. The number of morpholine rings is 1. The number of thiazole rings is 1. The molecule has 0 bridgehead atoms. The zero-order valence-electron chi connectivity index (χ0n) is 11.2. The molecule has 1 aromatic rings. The predicted molar refractivity (Wildman–Crippen MR) is 71.8 cm³/mol. The molecule has 1 N–H and O–H groups in total. The van der Waals surface area contributed by atoms with Gasteiger partial charge in [0.1, 0.15) is 11.1 Å². The van der Waals surface area contributed by atoms with E-state index < -0.39 is 0 Å². The summed E-state index contributed by atoms with van der Waals surface area (Å²) in [4.78, 5) is 8.20. The lowest BCUT2D eigenvalue weighted by atomic mass is 10.3. The lowest BCUT2D eigenvalue weighted by Gasteiger charge is -2.28. The third kappa shape index (κ3) is 3.27. The molecule has 0 aliphatic carbocycles. The summed E-state index contributed by atoms with van der Waals surface area (Å²) in [5, 5.41) is 4.24. The molecule has 5 nitrogen and oxygen atoms in total. The average molecular weight is 271 g/mol. The summed E-state index contributed by atoms with van der Waals surface area (Å²) >= 11 is 1.73. The Hall–Kier alpha value is -0.530. The van der Waals surface area contributed by atoms with Crippen molar-refractivity contribution < 1.29 is 9.47 Å². The molecule has 6 heteroatoms. The van der Waals surface area contributed by atoms with Crippen molar-refractivity contribution in [2.45, 2.75) is 19.3 Å². The molecule has 1 atom stereocenters. The maximum Gasteiger partial charge on any atom is 0.124 e. The van der Waals surface area contributed by atoms with Gasteiger partial charge in [0, 0.05) is 31.6 Å². The van der Waals surface area contributed by atoms with Gasteiger partial charge in [0.05, 0.1) is 18.9 Å². The molecule has 1 fully saturated rings. The molecule has 1 unspecified atom stereocenters. The average Bonchev–Trinajstić information content (AvgIpc) is 2.74. The Morgan fingerprint density at radius 2 is 2.44 bits per heavy atom. The minimum absolute atomic E-state index is 0.106. The number of nitrogens with one attached hydrogen (secondary N) is 1. The highest BCUT2D eigenvalue weighted by molar-refractivity contribution is 7.11. The molecule has 0 radical (unpaired) electrons. The molecule has 0 aromatic carbocycles. The van der Waals surface area contributed by atoms with Crippen LogP contribution in [0.3, 0.4) is 0 Å². The third-order valence-electron chi connectivity index (χ3n) is 2.96. The molecular weight excluding hydrogens is 250 g/mol. The van der Waals surface area contributed by atoms with Gasteiger partial charge in [-0.15, -0.1) is 11.3 Å². The van der Waals surface area contributed by atoms with E-state index in [1.165, 1.54) is 4.88 Å². The van der Waals surface area contributed by atoms with Crippen LogP contribution in [0.4, 0.5) is 0 Å². The van der Waals surface area contributed by atoms with Crippen molar-refractivity contribution in [2.24, 2.45) is 0 Å². The van der Waals surface area contributed by atoms with Crippen LogP contribution in [-0.2, 0) is 22.6 Å². The standard InChI is InChI=1S/C12H21N3O2S/c1-13-6-11-9(8-16-3)14-12(18-11)10-7-15(2)4-5-17-10/h10,13H,4-8H2,1-3H3. The number of rotatable bonds is 5. The summed E-state index contributed by atoms with van der Waals surface area (Å²) in [6.07, 6.45) is 0.106. The third-order valence-corrected chi connectivity index (χ3v) is 4.15. The van der Waals surface area contributed by atoms with Crippen molar-refractivity contribution in [2.75, 3.05) is 40.9 Å². The number of ether oxygens (including phenoxy) is 2. The van der Waals surface area contributed by atoms with Crippen molar-refractivity contribution >= 4 is 11.3 Å². The number of methoxy groups -OCH3 is 1. The van der Waals surface area contributed by atoms with E-state index in [0.717, 1.165) is 36.9 Å². The number of aromatic nitrogens is 1. The molecule has 1 saturated heterocycles. The lowest BCUT2D eigenvalue weighted by molar-refractivity contribution is -0.0211. The lowest BCUT2D eigenvalue weighted by Crippen LogP contribution is -2.35. The van der Waals surface area contributed by atoms with Gasteiger partial charge in [0.25, 0.3) is 0 Å². The largest absolute Gasteiger partial charge is 0.378 e. The molecule has 102 valence electrons. The van der Waals surface area contributed by atoms with Gasteiger partial charge in [-0.3, -0.25) is 0 Å². The summed E-state index contributed by atoms with van der Waals surface area (Å²) in [5.74, 6) is 0. The van der Waals surface area contributed by atoms with Crippen LogP contribution < -0.4 is 5.32 Å². The normalized spacial score (nSPS) is 21.4. The molecule has 1 aliphatic rings. The van der Waals surface area contributed by atoms with E-state index in [-0.39, 0.29) is 6.10 Å². The maximum atomic E-state index is 5.80. The van der Waals surface area contributed by atoms with Crippen molar-refractivity contribution in [3.8, 4) is 0 Å². The number of hydrogen-bond acceptors (Lipinski definition) is 6. The number of likely N-dealkylation sites (N-methyl/N-ethyl adjacent to an activating group) is 1. The number of nitrogens with zero attached hydrogens (tertiary/aromatic N) is 2. The summed E-state index contributed by atoms with van der Waals surface area (Å²) < 4.78 is 11.0. The van der Waals surface area contributed by atoms with E-state index in [4.69, 9.17) is 9.47 Å². The van der Waals surface area contributed by atoms with Crippen LogP contribution in [0.1, 0.15) is 21.7 Å². The van der Waals surface area contributed by atoms with Gasteiger partial charge in [-0.2, -0.15) is 0 Å². The Kier molecular flexibility index (Phi) is 5.08. The van der Waals surface area contributed by atoms with Crippen molar-refractivity contribution in [1.82, 2.24) is 15.2 Å². The van der Waals surface area contributed by atoms with Gasteiger partial charge in [0.2, 0.25) is 0 Å². The first-order valence-corrected chi connectivity index (χ1v) is 6.98. The van der Waals surface area contributed by atoms with Gasteiger partial charge in [-0.05, 0) is 14.1 Å². The fraction of sp³-hybridized carbons (Fsp3) is 0.750. The Balaban J connectivity index is 2.14. The van der Waals surface area contributed by atoms with Gasteiger partial charge >= 0.3 is 0 Å². The fourth-order valence-electron chi connectivity index (χ4n) is 2.02. The van der Waals surface area contributed by atoms with Crippen LogP contribution in [0.25, 0.3) is 0 Å². The Labute approximate surface area is 112 Å². The highest BCUT2D eigenvalue weighted by Crippen LogP contribution is 2.28. The molecule has 2 heterocycles. The molecule has 18 heavy (non-hydrogen) atoms. The summed E-state index contributed by atoms with van der Waals surface area (Å²) in [7, 11) is 5.77. The SMILES string of the molecule is CNCc1sc(C2CN(C)CCO2)nc1COC. The van der Waals surface area contributed by atoms with E-state index >= 15 is 0 Å². The van der Waals surface area contributed by atoms with Gasteiger partial charge in [-0.1, -0.05) is 0 Å². The van der Waals surface area contributed by atoms with Crippen molar-refractivity contribution in [1.29, 1.82) is 0 Å². The van der Waals surface area contributed by atoms with E-state index in [2.05, 4.69) is 22.2 Å². The zero-order chi connectivity index (χ0) is 13.0. The molecule has 1 aliphatic heterocycles. The first-order valence-electron chi connectivity index (χ1n) is 6.16. The van der Waals surface area contributed by atoms with Crippen LogP contribution in [-0.4, -0.2) is 50.8 Å². The first-order chi connectivity index (χ1) is 8.74. The quantitative estimate of drug-likeness (QED) is 0.866. The van der Waals surface area contributed by atoms with Gasteiger partial charge < -0.3 is 19.7 Å². The second kappa shape index (κ2) is 6.58. The molecule has 0 spiro atoms. The van der Waals surface area contributed by atoms with E-state index in [1.54, 1.807) is 18.4 Å². The maximum absolute atomic E-state index is 5.80. The van der Waals surface area contributed by atoms with Gasteiger partial charge in [-0.25, -0.2) is 4.98 Å². The number of hydrogen-bond donors (Lipinski definition) is 1. The topological polar surface area (TPSA) is 46.6 Å². The smallest absolute Gasteiger partial charge is 0.124 e. The van der Waals surface area contributed by atoms with Gasteiger partial charge in [0.15, 0.2) is 0 Å². The fourth-order valence-corrected chi connectivity index (χ4v) is 3.14. The van der Waals surface area contributed by atoms with E-state index in [9.17, 15) is 0 Å². The van der Waals surface area contributed by atoms with Crippen LogP contribution in [0.5, 0.6) is 0 Å². The van der Waals surface area contributed by atoms with Crippen LogP contribution in [0.2, 0.25) is 0 Å². The predicted octanol–water partition coefficient (Wildman–Crippen LogP) is 1.01. The molecular formula is C12H21N3O2S. The Morgan fingerprint density at radius 1 is 1.61 bits per heavy atom. The Morgan fingerprint density at radius 3 is 3.11 bits per heavy atom. The van der Waals surface area contributed by atoms with Crippen LogP contribution >= 0.6 is 11.3 Å². The second-order valence-corrected chi connectivity index (χ2v) is 5.62. The summed E-state index contributed by atoms with van der Waals surface area (Å²) in [6.45, 7) is 4.09. The minimum Gasteiger partial charge on any atom is -0.378 e. The summed E-state index contributed by atoms with van der Waals surface area (Å²) in [5.41, 5.74) is 1.03. The first kappa shape index (κ1) is 13.9. The summed E-state index contributed by atoms with van der Waals surface area (Å²) in [6, 6.07) is 0.